The molecule has 2 N–H and O–H groups in total. The summed E-state index contributed by atoms with van der Waals surface area (Å²) in [4.78, 5) is 29.3. The Morgan fingerprint density at radius 1 is 1.18 bits per heavy atom. The van der Waals surface area contributed by atoms with E-state index in [2.05, 4.69) is 11.4 Å². The first-order valence-corrected chi connectivity index (χ1v) is 11.9. The molecule has 2 aliphatic rings. The molecule has 6 heteroatoms. The van der Waals surface area contributed by atoms with E-state index in [1.54, 1.807) is 29.2 Å². The minimum atomic E-state index is -1.03. The second-order valence-corrected chi connectivity index (χ2v) is 10.0. The first-order chi connectivity index (χ1) is 15.7. The van der Waals surface area contributed by atoms with Crippen LogP contribution in [-0.4, -0.2) is 38.0 Å². The van der Waals surface area contributed by atoms with Gasteiger partial charge < -0.3 is 19.9 Å². The van der Waals surface area contributed by atoms with Crippen molar-refractivity contribution in [1.82, 2.24) is 14.8 Å². The molecule has 176 valence electrons. The number of hydrogen-bond acceptors (Lipinski definition) is 3. The molecule has 1 unspecified atom stereocenters. The number of amides is 2. The summed E-state index contributed by atoms with van der Waals surface area (Å²) in [7, 11) is 0. The van der Waals surface area contributed by atoms with Crippen LogP contribution in [0.2, 0.25) is 0 Å². The number of aromatic hydroxyl groups is 1. The minimum absolute atomic E-state index is 0.0957. The van der Waals surface area contributed by atoms with E-state index in [0.717, 1.165) is 48.1 Å². The van der Waals surface area contributed by atoms with Crippen LogP contribution in [0.15, 0.2) is 35.9 Å². The molecule has 1 aromatic heterocycles. The zero-order valence-corrected chi connectivity index (χ0v) is 20.1. The molecule has 1 fully saturated rings. The fraction of sp³-hybridized carbons (Fsp3) is 0.481. The highest BCUT2D eigenvalue weighted by molar-refractivity contribution is 6.00. The van der Waals surface area contributed by atoms with Crippen molar-refractivity contribution < 1.29 is 14.7 Å². The normalized spacial score (nSPS) is 21.0. The highest BCUT2D eigenvalue weighted by Crippen LogP contribution is 2.34. The Balaban J connectivity index is 1.74. The van der Waals surface area contributed by atoms with Gasteiger partial charge in [-0.1, -0.05) is 37.0 Å². The van der Waals surface area contributed by atoms with Crippen LogP contribution in [0.3, 0.4) is 0 Å². The van der Waals surface area contributed by atoms with Crippen LogP contribution in [0.5, 0.6) is 5.75 Å². The van der Waals surface area contributed by atoms with Crippen molar-refractivity contribution in [2.75, 3.05) is 0 Å². The average molecular weight is 450 g/mol. The molecule has 2 heterocycles. The van der Waals surface area contributed by atoms with Gasteiger partial charge in [-0.2, -0.15) is 0 Å². The summed E-state index contributed by atoms with van der Waals surface area (Å²) in [5.74, 6) is -0.0637. The highest BCUT2D eigenvalue weighted by atomic mass is 16.3. The topological polar surface area (TPSA) is 74.6 Å². The molecule has 0 saturated heterocycles. The zero-order chi connectivity index (χ0) is 23.8. The SMILES string of the molecule is CC(C)=Cc1c(C)cc2n1CC(C)(C(=O)NC1CCCCC1)N(Cc1ccc(O)cc1)C2=O. The number of nitrogens with one attached hydrogen (secondary N) is 1. The lowest BCUT2D eigenvalue weighted by atomic mass is 9.91. The van der Waals surface area contributed by atoms with Gasteiger partial charge in [-0.3, -0.25) is 9.59 Å². The van der Waals surface area contributed by atoms with Crippen molar-refractivity contribution in [3.63, 3.8) is 0 Å². The average Bonchev–Trinajstić information content (AvgIpc) is 3.08. The number of phenols is 1. The molecule has 1 aliphatic heterocycles. The summed E-state index contributed by atoms with van der Waals surface area (Å²) in [6.07, 6.45) is 7.54. The number of carbonyl (C=O) groups is 2. The largest absolute Gasteiger partial charge is 0.508 e. The standard InChI is InChI=1S/C27H35N3O3/c1-18(2)14-23-19(3)15-24-25(32)30(16-20-10-12-22(31)13-11-20)27(4,17-29(23)24)26(33)28-21-8-6-5-7-9-21/h10-15,21,31H,5-9,16-17H2,1-4H3,(H,28,33). The first kappa shape index (κ1) is 23.1. The molecule has 2 amide bonds. The predicted molar refractivity (Wildman–Crippen MR) is 130 cm³/mol. The summed E-state index contributed by atoms with van der Waals surface area (Å²) < 4.78 is 2.01. The quantitative estimate of drug-likeness (QED) is 0.689. The number of benzene rings is 1. The van der Waals surface area contributed by atoms with Crippen molar-refractivity contribution in [1.29, 1.82) is 0 Å². The van der Waals surface area contributed by atoms with Gasteiger partial charge in [0.25, 0.3) is 5.91 Å². The van der Waals surface area contributed by atoms with Crippen LogP contribution in [-0.2, 0) is 17.9 Å². The number of hydrogen-bond donors (Lipinski definition) is 2. The van der Waals surface area contributed by atoms with E-state index in [1.165, 1.54) is 6.42 Å². The van der Waals surface area contributed by atoms with Gasteiger partial charge in [0.15, 0.2) is 0 Å². The smallest absolute Gasteiger partial charge is 0.271 e. The van der Waals surface area contributed by atoms with E-state index >= 15 is 0 Å². The van der Waals surface area contributed by atoms with Gasteiger partial charge in [0, 0.05) is 18.3 Å². The third-order valence-electron chi connectivity index (χ3n) is 7.00. The second kappa shape index (κ2) is 9.08. The van der Waals surface area contributed by atoms with E-state index in [9.17, 15) is 14.7 Å². The molecule has 1 atom stereocenters. The monoisotopic (exact) mass is 449 g/mol. The summed E-state index contributed by atoms with van der Waals surface area (Å²) in [5.41, 5.74) is 3.61. The molecule has 4 rings (SSSR count). The first-order valence-electron chi connectivity index (χ1n) is 11.9. The van der Waals surface area contributed by atoms with Crippen molar-refractivity contribution in [3.05, 3.63) is 58.4 Å². The summed E-state index contributed by atoms with van der Waals surface area (Å²) in [5, 5.41) is 12.9. The lowest BCUT2D eigenvalue weighted by molar-refractivity contribution is -0.134. The minimum Gasteiger partial charge on any atom is -0.508 e. The third-order valence-corrected chi connectivity index (χ3v) is 7.00. The number of nitrogens with zero attached hydrogens (tertiary/aromatic N) is 2. The lowest BCUT2D eigenvalue weighted by Gasteiger charge is -2.45. The summed E-state index contributed by atoms with van der Waals surface area (Å²) in [6.45, 7) is 8.67. The summed E-state index contributed by atoms with van der Waals surface area (Å²) >= 11 is 0. The Hall–Kier alpha value is -3.02. The third kappa shape index (κ3) is 4.56. The van der Waals surface area contributed by atoms with Gasteiger partial charge in [0.2, 0.25) is 5.91 Å². The van der Waals surface area contributed by atoms with E-state index in [1.807, 2.05) is 38.3 Å². The van der Waals surface area contributed by atoms with Crippen LogP contribution in [0, 0.1) is 6.92 Å². The maximum Gasteiger partial charge on any atom is 0.271 e. The number of allylic oxidation sites excluding steroid dienone is 1. The van der Waals surface area contributed by atoms with Gasteiger partial charge in [0.05, 0.1) is 6.54 Å². The second-order valence-electron chi connectivity index (χ2n) is 10.0. The van der Waals surface area contributed by atoms with Gasteiger partial charge in [0.1, 0.15) is 17.0 Å². The molecular formula is C27H35N3O3. The van der Waals surface area contributed by atoms with Crippen molar-refractivity contribution in [2.45, 2.75) is 84.5 Å². The number of carbonyl (C=O) groups excluding carboxylic acids is 2. The number of phenolic OH excluding ortho intramolecular Hbond substituents is 1. The molecule has 6 nitrogen and oxygen atoms in total. The van der Waals surface area contributed by atoms with E-state index in [-0.39, 0.29) is 23.6 Å². The Morgan fingerprint density at radius 2 is 1.85 bits per heavy atom. The van der Waals surface area contributed by atoms with Crippen molar-refractivity contribution in [2.24, 2.45) is 0 Å². The zero-order valence-electron chi connectivity index (χ0n) is 20.1. The van der Waals surface area contributed by atoms with E-state index < -0.39 is 5.54 Å². The van der Waals surface area contributed by atoms with Crippen LogP contribution in [0.1, 0.15) is 80.2 Å². The van der Waals surface area contributed by atoms with Crippen LogP contribution in [0.4, 0.5) is 0 Å². The molecule has 33 heavy (non-hydrogen) atoms. The molecule has 1 aliphatic carbocycles. The Kier molecular flexibility index (Phi) is 6.37. The molecule has 1 saturated carbocycles. The molecule has 1 aromatic carbocycles. The van der Waals surface area contributed by atoms with Crippen LogP contribution < -0.4 is 5.32 Å². The van der Waals surface area contributed by atoms with Crippen molar-refractivity contribution in [3.8, 4) is 5.75 Å². The number of rotatable bonds is 5. The van der Waals surface area contributed by atoms with Crippen LogP contribution >= 0.6 is 0 Å². The van der Waals surface area contributed by atoms with E-state index in [0.29, 0.717) is 18.8 Å². The highest BCUT2D eigenvalue weighted by Gasteiger charge is 2.48. The maximum absolute atomic E-state index is 13.8. The molecule has 0 bridgehead atoms. The van der Waals surface area contributed by atoms with Gasteiger partial charge >= 0.3 is 0 Å². The fourth-order valence-corrected chi connectivity index (χ4v) is 5.08. The predicted octanol–water partition coefficient (Wildman–Crippen LogP) is 4.79. The van der Waals surface area contributed by atoms with Gasteiger partial charge in [-0.15, -0.1) is 0 Å². The fourth-order valence-electron chi connectivity index (χ4n) is 5.08. The van der Waals surface area contributed by atoms with Gasteiger partial charge in [-0.05, 0) is 75.9 Å². The number of aryl methyl sites for hydroxylation is 1. The van der Waals surface area contributed by atoms with E-state index in [4.69, 9.17) is 0 Å². The summed E-state index contributed by atoms with van der Waals surface area (Å²) in [6, 6.07) is 8.93. The lowest BCUT2D eigenvalue weighted by Crippen LogP contribution is -2.64. The Labute approximate surface area is 196 Å². The molecule has 0 spiro atoms. The Bertz CT molecular complexity index is 1070. The Morgan fingerprint density at radius 3 is 2.48 bits per heavy atom. The van der Waals surface area contributed by atoms with Crippen molar-refractivity contribution >= 4 is 17.9 Å². The molecular weight excluding hydrogens is 414 g/mol. The number of fused-ring (bicyclic) bond motifs is 1. The molecule has 2 aromatic rings. The molecule has 0 radical (unpaired) electrons. The van der Waals surface area contributed by atoms with Crippen LogP contribution in [0.25, 0.3) is 6.08 Å². The van der Waals surface area contributed by atoms with Gasteiger partial charge in [-0.25, -0.2) is 0 Å². The maximum atomic E-state index is 13.8. The number of aromatic nitrogens is 1.